The molecule has 2 unspecified atom stereocenters. The van der Waals surface area contributed by atoms with Crippen LogP contribution >= 0.6 is 15.9 Å². The monoisotopic (exact) mass is 266 g/mol. The van der Waals surface area contributed by atoms with Crippen molar-refractivity contribution in [2.24, 2.45) is 11.8 Å². The van der Waals surface area contributed by atoms with Crippen molar-refractivity contribution >= 4 is 15.9 Å². The maximum atomic E-state index is 3.88. The lowest BCUT2D eigenvalue weighted by Crippen LogP contribution is -2.18. The highest BCUT2D eigenvalue weighted by Gasteiger charge is 2.27. The fraction of sp³-hybridized carbons (Fsp3) is 0.571. The molecule has 0 bridgehead atoms. The number of alkyl halides is 1. The summed E-state index contributed by atoms with van der Waals surface area (Å²) in [7, 11) is 0. The highest BCUT2D eigenvalue weighted by Crippen LogP contribution is 2.43. The minimum absolute atomic E-state index is 0.574. The average molecular weight is 267 g/mol. The summed E-state index contributed by atoms with van der Waals surface area (Å²) >= 11 is 3.88. The Morgan fingerprint density at radius 1 is 1.33 bits per heavy atom. The Morgan fingerprint density at radius 2 is 2.07 bits per heavy atom. The smallest absolute Gasteiger partial charge is 0.0426 e. The quantitative estimate of drug-likeness (QED) is 0.679. The lowest BCUT2D eigenvalue weighted by atomic mass is 9.80. The second-order valence-corrected chi connectivity index (χ2v) is 6.02. The molecule has 2 atom stereocenters. The number of hydrogen-bond acceptors (Lipinski definition) is 0. The molecule has 1 aromatic carbocycles. The van der Waals surface area contributed by atoms with Crippen LogP contribution in [0.25, 0.3) is 0 Å². The molecule has 0 saturated heterocycles. The molecule has 2 rings (SSSR count). The zero-order valence-electron chi connectivity index (χ0n) is 9.54. The normalized spacial score (nSPS) is 25.3. The Hall–Kier alpha value is -0.300. The molecule has 1 aliphatic rings. The van der Waals surface area contributed by atoms with Gasteiger partial charge in [0.1, 0.15) is 0 Å². The van der Waals surface area contributed by atoms with Crippen molar-refractivity contribution in [3.05, 3.63) is 35.4 Å². The van der Waals surface area contributed by atoms with Crippen LogP contribution in [0.1, 0.15) is 42.6 Å². The van der Waals surface area contributed by atoms with Crippen molar-refractivity contribution in [3.8, 4) is 0 Å². The summed E-state index contributed by atoms with van der Waals surface area (Å²) < 4.78 is 0. The maximum absolute atomic E-state index is 3.88. The molecule has 0 fully saturated rings. The summed E-state index contributed by atoms with van der Waals surface area (Å²) in [5, 5.41) is 0. The minimum atomic E-state index is 0.574. The molecule has 82 valence electrons. The largest absolute Gasteiger partial charge is 0.0836 e. The van der Waals surface area contributed by atoms with E-state index in [1.54, 1.807) is 5.56 Å². The van der Waals surface area contributed by atoms with E-state index in [-0.39, 0.29) is 0 Å². The van der Waals surface area contributed by atoms with Crippen LogP contribution in [0.5, 0.6) is 0 Å². The van der Waals surface area contributed by atoms with E-state index in [0.717, 1.165) is 11.8 Å². The molecule has 0 nitrogen and oxygen atoms in total. The summed E-state index contributed by atoms with van der Waals surface area (Å²) in [6.07, 6.45) is 3.94. The lowest BCUT2D eigenvalue weighted by Gasteiger charge is -2.31. The van der Waals surface area contributed by atoms with E-state index in [1.807, 2.05) is 0 Å². The zero-order valence-corrected chi connectivity index (χ0v) is 11.1. The highest BCUT2D eigenvalue weighted by atomic mass is 79.9. The Kier molecular flexibility index (Phi) is 3.50. The van der Waals surface area contributed by atoms with Crippen molar-refractivity contribution in [1.29, 1.82) is 0 Å². The van der Waals surface area contributed by atoms with E-state index in [9.17, 15) is 0 Å². The van der Waals surface area contributed by atoms with Gasteiger partial charge in [0.05, 0.1) is 0 Å². The van der Waals surface area contributed by atoms with Crippen molar-refractivity contribution < 1.29 is 0 Å². The van der Waals surface area contributed by atoms with Gasteiger partial charge in [-0.15, -0.1) is 0 Å². The number of hydrogen-bond donors (Lipinski definition) is 0. The van der Waals surface area contributed by atoms with Gasteiger partial charge in [-0.25, -0.2) is 0 Å². The first-order valence-electron chi connectivity index (χ1n) is 5.90. The predicted molar refractivity (Wildman–Crippen MR) is 69.4 cm³/mol. The Morgan fingerprint density at radius 3 is 2.80 bits per heavy atom. The molecule has 0 saturated carbocycles. The van der Waals surface area contributed by atoms with Gasteiger partial charge in [0.2, 0.25) is 0 Å². The van der Waals surface area contributed by atoms with Crippen molar-refractivity contribution in [3.63, 3.8) is 0 Å². The SMILES string of the molecule is CC(C)CC1CCc2ccccc2C1Br. The molecule has 0 aliphatic heterocycles. The van der Waals surface area contributed by atoms with Crippen LogP contribution in [0.3, 0.4) is 0 Å². The average Bonchev–Trinajstić information content (AvgIpc) is 2.22. The van der Waals surface area contributed by atoms with Gasteiger partial charge in [-0.3, -0.25) is 0 Å². The Labute approximate surface area is 101 Å². The van der Waals surface area contributed by atoms with Crippen LogP contribution in [-0.2, 0) is 6.42 Å². The van der Waals surface area contributed by atoms with Gasteiger partial charge in [0.25, 0.3) is 0 Å². The highest BCUT2D eigenvalue weighted by molar-refractivity contribution is 9.09. The molecule has 0 radical (unpaired) electrons. The molecule has 1 aromatic rings. The molecular formula is C14H19Br. The van der Waals surface area contributed by atoms with Gasteiger partial charge in [-0.05, 0) is 42.2 Å². The third kappa shape index (κ3) is 2.44. The third-order valence-corrected chi connectivity index (χ3v) is 4.57. The number of benzene rings is 1. The van der Waals surface area contributed by atoms with Gasteiger partial charge in [0, 0.05) is 4.83 Å². The first kappa shape index (κ1) is 11.2. The predicted octanol–water partition coefficient (Wildman–Crippen LogP) is 4.73. The summed E-state index contributed by atoms with van der Waals surface area (Å²) in [5.74, 6) is 1.63. The van der Waals surface area contributed by atoms with E-state index in [0.29, 0.717) is 4.83 Å². The van der Waals surface area contributed by atoms with Crippen molar-refractivity contribution in [2.45, 2.75) is 37.9 Å². The topological polar surface area (TPSA) is 0 Å². The van der Waals surface area contributed by atoms with E-state index in [1.165, 1.54) is 24.8 Å². The van der Waals surface area contributed by atoms with Crippen LogP contribution in [0.15, 0.2) is 24.3 Å². The molecule has 0 spiro atoms. The minimum Gasteiger partial charge on any atom is -0.0836 e. The standard InChI is InChI=1S/C14H19Br/c1-10(2)9-12-8-7-11-5-3-4-6-13(11)14(12)15/h3-6,10,12,14H,7-9H2,1-2H3. The first-order chi connectivity index (χ1) is 7.18. The number of halogens is 1. The van der Waals surface area contributed by atoms with Gasteiger partial charge >= 0.3 is 0 Å². The molecule has 15 heavy (non-hydrogen) atoms. The number of rotatable bonds is 2. The first-order valence-corrected chi connectivity index (χ1v) is 6.82. The zero-order chi connectivity index (χ0) is 10.8. The second kappa shape index (κ2) is 4.69. The Bertz CT molecular complexity index is 330. The van der Waals surface area contributed by atoms with Crippen LogP contribution in [0, 0.1) is 11.8 Å². The van der Waals surface area contributed by atoms with Crippen LogP contribution in [0.2, 0.25) is 0 Å². The summed E-state index contributed by atoms with van der Waals surface area (Å²) in [6.45, 7) is 4.64. The van der Waals surface area contributed by atoms with E-state index in [2.05, 4.69) is 54.0 Å². The molecule has 1 aliphatic carbocycles. The summed E-state index contributed by atoms with van der Waals surface area (Å²) in [6, 6.07) is 8.86. The van der Waals surface area contributed by atoms with E-state index in [4.69, 9.17) is 0 Å². The van der Waals surface area contributed by atoms with Crippen LogP contribution in [0.4, 0.5) is 0 Å². The van der Waals surface area contributed by atoms with Gasteiger partial charge in [-0.1, -0.05) is 54.0 Å². The van der Waals surface area contributed by atoms with E-state index >= 15 is 0 Å². The van der Waals surface area contributed by atoms with Crippen LogP contribution in [-0.4, -0.2) is 0 Å². The van der Waals surface area contributed by atoms with Crippen molar-refractivity contribution in [2.75, 3.05) is 0 Å². The molecule has 0 aromatic heterocycles. The summed E-state index contributed by atoms with van der Waals surface area (Å²) in [5.41, 5.74) is 3.06. The number of fused-ring (bicyclic) bond motifs is 1. The molecule has 0 N–H and O–H groups in total. The molecular weight excluding hydrogens is 248 g/mol. The number of aryl methyl sites for hydroxylation is 1. The van der Waals surface area contributed by atoms with Gasteiger partial charge in [0.15, 0.2) is 0 Å². The Balaban J connectivity index is 2.18. The summed E-state index contributed by atoms with van der Waals surface area (Å²) in [4.78, 5) is 0.574. The molecule has 0 amide bonds. The maximum Gasteiger partial charge on any atom is 0.0426 e. The fourth-order valence-electron chi connectivity index (χ4n) is 2.61. The van der Waals surface area contributed by atoms with Crippen LogP contribution < -0.4 is 0 Å². The fourth-order valence-corrected chi connectivity index (χ4v) is 3.54. The second-order valence-electron chi connectivity index (χ2n) is 5.03. The molecule has 0 heterocycles. The van der Waals surface area contributed by atoms with Gasteiger partial charge in [-0.2, -0.15) is 0 Å². The lowest BCUT2D eigenvalue weighted by molar-refractivity contribution is 0.367. The van der Waals surface area contributed by atoms with E-state index < -0.39 is 0 Å². The third-order valence-electron chi connectivity index (χ3n) is 3.32. The molecule has 1 heteroatoms. The van der Waals surface area contributed by atoms with Gasteiger partial charge < -0.3 is 0 Å². The van der Waals surface area contributed by atoms with Crippen molar-refractivity contribution in [1.82, 2.24) is 0 Å².